The minimum atomic E-state index is 0.593. The quantitative estimate of drug-likeness (QED) is 0.484. The molecule has 0 saturated heterocycles. The van der Waals surface area contributed by atoms with Crippen LogP contribution in [0, 0.1) is 0 Å². The lowest BCUT2D eigenvalue weighted by Gasteiger charge is -2.33. The van der Waals surface area contributed by atoms with Gasteiger partial charge in [-0.3, -0.25) is 0 Å². The van der Waals surface area contributed by atoms with Gasteiger partial charge in [0, 0.05) is 37.9 Å². The van der Waals surface area contributed by atoms with E-state index < -0.39 is 0 Å². The van der Waals surface area contributed by atoms with Crippen LogP contribution in [0.3, 0.4) is 0 Å². The van der Waals surface area contributed by atoms with Gasteiger partial charge < -0.3 is 15.5 Å². The first kappa shape index (κ1) is 5.65. The summed E-state index contributed by atoms with van der Waals surface area (Å²) in [4.78, 5) is 2.22. The van der Waals surface area contributed by atoms with Crippen molar-refractivity contribution in [2.45, 2.75) is 6.04 Å². The van der Waals surface area contributed by atoms with Crippen molar-refractivity contribution in [1.82, 2.24) is 15.5 Å². The van der Waals surface area contributed by atoms with Crippen molar-refractivity contribution in [1.29, 1.82) is 0 Å². The minimum Gasteiger partial charge on any atom is -0.388 e. The highest BCUT2D eigenvalue weighted by atomic mass is 15.2. The van der Waals surface area contributed by atoms with Gasteiger partial charge in [0.05, 0.1) is 6.04 Å². The van der Waals surface area contributed by atoms with E-state index in [1.807, 2.05) is 12.4 Å². The second-order valence-electron chi connectivity index (χ2n) is 2.55. The van der Waals surface area contributed by atoms with Crippen LogP contribution in [0.25, 0.3) is 0 Å². The van der Waals surface area contributed by atoms with Gasteiger partial charge in [-0.25, -0.2) is 0 Å². The number of hydrogen-bond donors (Lipinski definition) is 2. The summed E-state index contributed by atoms with van der Waals surface area (Å²) in [7, 11) is 0. The molecule has 54 valence electrons. The molecule has 0 spiro atoms. The van der Waals surface area contributed by atoms with Crippen LogP contribution in [0.1, 0.15) is 0 Å². The zero-order valence-corrected chi connectivity index (χ0v) is 5.75. The van der Waals surface area contributed by atoms with Crippen molar-refractivity contribution in [3.63, 3.8) is 0 Å². The maximum Gasteiger partial charge on any atom is 0.0676 e. The molecule has 2 rings (SSSR count). The Labute approximate surface area is 60.4 Å². The Kier molecular flexibility index (Phi) is 1.27. The van der Waals surface area contributed by atoms with Crippen LogP contribution in [0.15, 0.2) is 24.8 Å². The smallest absolute Gasteiger partial charge is 0.0676 e. The zero-order chi connectivity index (χ0) is 6.81. The SMILES string of the molecule is C1=CN2C=CNCC2CN1. The van der Waals surface area contributed by atoms with Crippen LogP contribution in [0.4, 0.5) is 0 Å². The van der Waals surface area contributed by atoms with Gasteiger partial charge in [0.2, 0.25) is 0 Å². The molecule has 10 heavy (non-hydrogen) atoms. The number of hydrogen-bond acceptors (Lipinski definition) is 3. The first-order valence-corrected chi connectivity index (χ1v) is 3.54. The number of fused-ring (bicyclic) bond motifs is 1. The number of nitrogens with zero attached hydrogens (tertiary/aromatic N) is 1. The van der Waals surface area contributed by atoms with Crippen LogP contribution in [-0.4, -0.2) is 24.0 Å². The lowest BCUT2D eigenvalue weighted by atomic mass is 10.2. The maximum absolute atomic E-state index is 3.19. The van der Waals surface area contributed by atoms with Crippen molar-refractivity contribution in [3.8, 4) is 0 Å². The van der Waals surface area contributed by atoms with Gasteiger partial charge in [-0.2, -0.15) is 0 Å². The van der Waals surface area contributed by atoms with Gasteiger partial charge in [-0.05, 0) is 0 Å². The van der Waals surface area contributed by atoms with Crippen LogP contribution in [0.2, 0.25) is 0 Å². The second-order valence-corrected chi connectivity index (χ2v) is 2.55. The summed E-state index contributed by atoms with van der Waals surface area (Å²) in [5.41, 5.74) is 0. The van der Waals surface area contributed by atoms with Crippen molar-refractivity contribution >= 4 is 0 Å². The Hall–Kier alpha value is -1.12. The van der Waals surface area contributed by atoms with Gasteiger partial charge in [0.15, 0.2) is 0 Å². The molecular weight excluding hydrogens is 126 g/mol. The normalized spacial score (nSPS) is 23.4. The van der Waals surface area contributed by atoms with E-state index in [1.165, 1.54) is 0 Å². The first-order valence-electron chi connectivity index (χ1n) is 3.54. The van der Waals surface area contributed by atoms with E-state index in [-0.39, 0.29) is 0 Å². The summed E-state index contributed by atoms with van der Waals surface area (Å²) in [5.74, 6) is 0. The fourth-order valence-electron chi connectivity index (χ4n) is 1.26. The summed E-state index contributed by atoms with van der Waals surface area (Å²) < 4.78 is 0. The predicted octanol–water partition coefficient (Wildman–Crippen LogP) is -0.194. The molecule has 0 atom stereocenters. The molecule has 0 fully saturated rings. The fourth-order valence-corrected chi connectivity index (χ4v) is 1.26. The van der Waals surface area contributed by atoms with Gasteiger partial charge in [0.1, 0.15) is 0 Å². The Morgan fingerprint density at radius 3 is 2.20 bits per heavy atom. The van der Waals surface area contributed by atoms with Crippen LogP contribution < -0.4 is 10.6 Å². The Balaban J connectivity index is 2.15. The topological polar surface area (TPSA) is 27.3 Å². The van der Waals surface area contributed by atoms with Crippen molar-refractivity contribution in [2.75, 3.05) is 13.1 Å². The largest absolute Gasteiger partial charge is 0.388 e. The van der Waals surface area contributed by atoms with Gasteiger partial charge in [-0.15, -0.1) is 0 Å². The summed E-state index contributed by atoms with van der Waals surface area (Å²) in [5, 5.41) is 6.38. The second kappa shape index (κ2) is 2.25. The van der Waals surface area contributed by atoms with Crippen LogP contribution in [-0.2, 0) is 0 Å². The molecule has 3 nitrogen and oxygen atoms in total. The Morgan fingerprint density at radius 2 is 1.70 bits per heavy atom. The molecule has 0 radical (unpaired) electrons. The van der Waals surface area contributed by atoms with Crippen molar-refractivity contribution in [2.24, 2.45) is 0 Å². The molecule has 0 amide bonds. The molecule has 0 aromatic rings. The molecule has 2 aliphatic heterocycles. The van der Waals surface area contributed by atoms with Crippen LogP contribution >= 0.6 is 0 Å². The van der Waals surface area contributed by atoms with E-state index in [4.69, 9.17) is 0 Å². The first-order chi connectivity index (χ1) is 4.97. The van der Waals surface area contributed by atoms with Crippen molar-refractivity contribution < 1.29 is 0 Å². The summed E-state index contributed by atoms with van der Waals surface area (Å²) in [6.07, 6.45) is 8.08. The molecular formula is C7H11N3. The van der Waals surface area contributed by atoms with Gasteiger partial charge in [-0.1, -0.05) is 0 Å². The third-order valence-corrected chi connectivity index (χ3v) is 1.86. The average Bonchev–Trinajstić information content (AvgIpc) is 2.05. The van der Waals surface area contributed by atoms with Gasteiger partial charge >= 0.3 is 0 Å². The molecule has 2 aliphatic rings. The van der Waals surface area contributed by atoms with E-state index in [0.29, 0.717) is 6.04 Å². The monoisotopic (exact) mass is 137 g/mol. The maximum atomic E-state index is 3.19. The predicted molar refractivity (Wildman–Crippen MR) is 39.9 cm³/mol. The third-order valence-electron chi connectivity index (χ3n) is 1.86. The highest BCUT2D eigenvalue weighted by Gasteiger charge is 2.16. The molecule has 0 saturated carbocycles. The van der Waals surface area contributed by atoms with Gasteiger partial charge in [0.25, 0.3) is 0 Å². The lowest BCUT2D eigenvalue weighted by molar-refractivity contribution is 0.316. The highest BCUT2D eigenvalue weighted by Crippen LogP contribution is 2.06. The average molecular weight is 137 g/mol. The number of rotatable bonds is 0. The van der Waals surface area contributed by atoms with E-state index >= 15 is 0 Å². The highest BCUT2D eigenvalue weighted by molar-refractivity contribution is 5.03. The van der Waals surface area contributed by atoms with Crippen LogP contribution in [0.5, 0.6) is 0 Å². The van der Waals surface area contributed by atoms with Crippen molar-refractivity contribution in [3.05, 3.63) is 24.8 Å². The molecule has 0 aliphatic carbocycles. The number of nitrogens with one attached hydrogen (secondary N) is 2. The van der Waals surface area contributed by atoms with E-state index in [1.54, 1.807) is 0 Å². The standard InChI is InChI=1S/C7H11N3/c1-3-10-4-2-9-6-7(10)5-8-1/h1-4,7-9H,5-6H2. The Morgan fingerprint density at radius 1 is 1.10 bits per heavy atom. The molecule has 2 heterocycles. The molecule has 2 N–H and O–H groups in total. The molecule has 0 aromatic heterocycles. The summed E-state index contributed by atoms with van der Waals surface area (Å²) in [6.45, 7) is 2.07. The summed E-state index contributed by atoms with van der Waals surface area (Å²) >= 11 is 0. The molecule has 3 heteroatoms. The Bertz CT molecular complexity index is 156. The summed E-state index contributed by atoms with van der Waals surface area (Å²) in [6, 6.07) is 0.593. The zero-order valence-electron chi connectivity index (χ0n) is 5.75. The molecule has 0 unspecified atom stereocenters. The van der Waals surface area contributed by atoms with E-state index in [9.17, 15) is 0 Å². The molecule has 0 aromatic carbocycles. The molecule has 0 bridgehead atoms. The minimum absolute atomic E-state index is 0.593. The fraction of sp³-hybridized carbons (Fsp3) is 0.429. The van der Waals surface area contributed by atoms with E-state index in [2.05, 4.69) is 27.9 Å². The lowest BCUT2D eigenvalue weighted by Crippen LogP contribution is -2.47. The third kappa shape index (κ3) is 0.835. The van der Waals surface area contributed by atoms with E-state index in [0.717, 1.165) is 13.1 Å².